The Balaban J connectivity index is 0. The summed E-state index contributed by atoms with van der Waals surface area (Å²) in [4.78, 5) is 0. The molecule has 0 aromatic carbocycles. The van der Waals surface area contributed by atoms with Gasteiger partial charge < -0.3 is 0 Å². The van der Waals surface area contributed by atoms with Crippen molar-refractivity contribution >= 4 is 0 Å². The summed E-state index contributed by atoms with van der Waals surface area (Å²) in [5.74, 6) is 0. The van der Waals surface area contributed by atoms with Crippen LogP contribution >= 0.6 is 0 Å². The zero-order valence-electron chi connectivity index (χ0n) is 1.81. The van der Waals surface area contributed by atoms with E-state index in [9.17, 15) is 0 Å². The molecule has 0 bridgehead atoms. The average molecular weight is 647 g/mol. The van der Waals surface area contributed by atoms with Gasteiger partial charge in [-0.15, -0.1) is 0 Å². The molecule has 66 valence electrons. The first-order valence-corrected chi connectivity index (χ1v) is 0. The third-order valence-corrected chi connectivity index (χ3v) is 0. The first-order valence-electron chi connectivity index (χ1n) is 0. The van der Waals surface area contributed by atoms with Crippen molar-refractivity contribution in [3.05, 3.63) is 0 Å². The van der Waals surface area contributed by atoms with E-state index >= 15 is 0 Å². The summed E-state index contributed by atoms with van der Waals surface area (Å²) < 4.78 is 0. The van der Waals surface area contributed by atoms with Gasteiger partial charge in [-0.1, -0.05) is 0 Å². The molecule has 6 heteroatoms. The molecule has 0 saturated heterocycles. The van der Waals surface area contributed by atoms with Crippen molar-refractivity contribution in [2.45, 2.75) is 0 Å². The fourth-order valence-corrected chi connectivity index (χ4v) is 0. The molecule has 0 atom stereocenters. The minimum Gasteiger partial charge on any atom is 0 e. The Morgan fingerprint density at radius 1 is 0.167 bits per heavy atom. The maximum absolute atomic E-state index is 0. The Morgan fingerprint density at radius 3 is 0.167 bits per heavy atom. The van der Waals surface area contributed by atoms with Crippen molar-refractivity contribution in [3.8, 4) is 0 Å². The van der Waals surface area contributed by atoms with E-state index in [1.165, 1.54) is 0 Å². The van der Waals surface area contributed by atoms with Gasteiger partial charge in [0.25, 0.3) is 0 Å². The molecule has 0 saturated carbocycles. The molecule has 0 nitrogen and oxygen atoms in total. The van der Waals surface area contributed by atoms with Gasteiger partial charge >= 0.3 is 0 Å². The van der Waals surface area contributed by atoms with Crippen LogP contribution in [0.15, 0.2) is 0 Å². The van der Waals surface area contributed by atoms with Crippen LogP contribution in [0.4, 0.5) is 0 Å². The zero-order chi connectivity index (χ0) is 0. The van der Waals surface area contributed by atoms with Crippen molar-refractivity contribution in [3.63, 3.8) is 0 Å². The van der Waals surface area contributed by atoms with Gasteiger partial charge in [0, 0.05) is 134 Å². The molecule has 0 rings (SSSR count). The molecule has 6 heavy (non-hydrogen) atoms. The molecule has 0 aromatic heterocycles. The van der Waals surface area contributed by atoms with Crippen LogP contribution in [0.1, 0.15) is 0 Å². The van der Waals surface area contributed by atoms with Crippen LogP contribution in [-0.2, 0) is 134 Å². The van der Waals surface area contributed by atoms with E-state index in [1.807, 2.05) is 0 Å². The number of hydrogen-bond donors (Lipinski definition) is 0. The van der Waals surface area contributed by atoms with Gasteiger partial charge in [-0.2, -0.15) is 0 Å². The molecule has 0 aliphatic heterocycles. The van der Waals surface area contributed by atoms with Gasteiger partial charge in [0.15, 0.2) is 0 Å². The molecule has 0 aliphatic rings. The molecule has 0 spiro atoms. The Hall–Kier alpha value is 4.44. The molecular weight excluding hydrogens is 647 g/mol. The number of rotatable bonds is 0. The zero-order valence-corrected chi connectivity index (χ0v) is 10.7. The van der Waals surface area contributed by atoms with Crippen molar-refractivity contribution in [2.75, 3.05) is 0 Å². The van der Waals surface area contributed by atoms with Crippen molar-refractivity contribution in [2.24, 2.45) is 0 Å². The maximum Gasteiger partial charge on any atom is 0 e. The van der Waals surface area contributed by atoms with Crippen molar-refractivity contribution in [1.82, 2.24) is 0 Å². The molecule has 0 heterocycles. The Labute approximate surface area is 131 Å². The second-order valence-electron chi connectivity index (χ2n) is 0. The first-order chi connectivity index (χ1) is 0. The summed E-state index contributed by atoms with van der Waals surface area (Å²) in [5.41, 5.74) is 0. The molecule has 6 radical (unpaired) electrons. The quantitative estimate of drug-likeness (QED) is 0.325. The Bertz CT molecular complexity index is 0. The summed E-state index contributed by atoms with van der Waals surface area (Å²) in [7, 11) is 0. The van der Waals surface area contributed by atoms with Gasteiger partial charge in [-0.3, -0.25) is 0 Å². The smallest absolute Gasteiger partial charge is 0 e. The van der Waals surface area contributed by atoms with E-state index in [2.05, 4.69) is 0 Å². The molecule has 0 N–H and O–H groups in total. The van der Waals surface area contributed by atoms with Crippen LogP contribution in [0, 0.1) is 0 Å². The average Bonchev–Trinajstić information content (AvgIpc) is 0. The molecule has 0 unspecified atom stereocenters. The number of hydrogen-bond acceptors (Lipinski definition) is 0. The van der Waals surface area contributed by atoms with E-state index in [1.54, 1.807) is 0 Å². The van der Waals surface area contributed by atoms with Gasteiger partial charge in [0.1, 0.15) is 0 Å². The predicted molar refractivity (Wildman–Crippen MR) is 0 cm³/mol. The molecule has 0 aliphatic carbocycles. The first kappa shape index (κ1) is 47.2. The van der Waals surface area contributed by atoms with Crippen molar-refractivity contribution in [1.29, 1.82) is 0 Å². The van der Waals surface area contributed by atoms with E-state index < -0.39 is 0 Å². The molecular formula is Ag6. The largest absolute Gasteiger partial charge is 0 e. The summed E-state index contributed by atoms with van der Waals surface area (Å²) in [5, 5.41) is 0. The van der Waals surface area contributed by atoms with E-state index in [0.717, 1.165) is 0 Å². The summed E-state index contributed by atoms with van der Waals surface area (Å²) in [6.07, 6.45) is 0. The molecule has 0 amide bonds. The summed E-state index contributed by atoms with van der Waals surface area (Å²) in [6.45, 7) is 0. The van der Waals surface area contributed by atoms with Gasteiger partial charge in [0.2, 0.25) is 0 Å². The third kappa shape index (κ3) is 23.7. The fraction of sp³-hybridized carbons (Fsp3) is 0. The van der Waals surface area contributed by atoms with E-state index in [-0.39, 0.29) is 134 Å². The fourth-order valence-electron chi connectivity index (χ4n) is 0. The maximum atomic E-state index is 0. The van der Waals surface area contributed by atoms with E-state index in [0.29, 0.717) is 0 Å². The topological polar surface area (TPSA) is 0 Å². The summed E-state index contributed by atoms with van der Waals surface area (Å²) >= 11 is 0. The normalized spacial score (nSPS) is 0. The van der Waals surface area contributed by atoms with Crippen LogP contribution in [0.5, 0.6) is 0 Å². The molecule has 0 aromatic rings. The van der Waals surface area contributed by atoms with Gasteiger partial charge in [-0.25, -0.2) is 0 Å². The minimum atomic E-state index is 0. The standard InChI is InChI=1S/6Ag. The SMILES string of the molecule is [Ag].[Ag].[Ag].[Ag].[Ag].[Ag]. The van der Waals surface area contributed by atoms with Crippen LogP contribution in [0.2, 0.25) is 0 Å². The molecule has 0 fully saturated rings. The van der Waals surface area contributed by atoms with E-state index in [4.69, 9.17) is 0 Å². The minimum absolute atomic E-state index is 0. The van der Waals surface area contributed by atoms with Gasteiger partial charge in [-0.05, 0) is 0 Å². The second-order valence-corrected chi connectivity index (χ2v) is 0. The van der Waals surface area contributed by atoms with Gasteiger partial charge in [0.05, 0.1) is 0 Å². The summed E-state index contributed by atoms with van der Waals surface area (Å²) in [6, 6.07) is 0. The Kier molecular flexibility index (Phi) is 268. The predicted octanol–water partition coefficient (Wildman–Crippen LogP) is -0.0150. The third-order valence-electron chi connectivity index (χ3n) is 0. The van der Waals surface area contributed by atoms with Crippen molar-refractivity contribution < 1.29 is 134 Å². The van der Waals surface area contributed by atoms with Crippen LogP contribution in [0.3, 0.4) is 0 Å². The Morgan fingerprint density at radius 2 is 0.167 bits per heavy atom. The van der Waals surface area contributed by atoms with Crippen LogP contribution in [-0.4, -0.2) is 0 Å². The van der Waals surface area contributed by atoms with Crippen LogP contribution < -0.4 is 0 Å². The monoisotopic (exact) mass is 641 g/mol. The van der Waals surface area contributed by atoms with Crippen LogP contribution in [0.25, 0.3) is 0 Å². The second kappa shape index (κ2) is 34.1.